The monoisotopic (exact) mass is 228 g/mol. The van der Waals surface area contributed by atoms with Crippen LogP contribution in [0.3, 0.4) is 0 Å². The van der Waals surface area contributed by atoms with E-state index in [0.29, 0.717) is 12.3 Å². The standard InChI is InChI=1S/C8H9BrN2O/c9-8-6(10)3-5-4-12-2-1-7(5)11-8/h3H,1-2,4,10H2. The normalized spacial score (nSPS) is 15.8. The quantitative estimate of drug-likeness (QED) is 0.685. The van der Waals surface area contributed by atoms with Crippen molar-refractivity contribution in [1.82, 2.24) is 4.98 Å². The summed E-state index contributed by atoms with van der Waals surface area (Å²) < 4.78 is 6.02. The van der Waals surface area contributed by atoms with E-state index in [-0.39, 0.29) is 0 Å². The summed E-state index contributed by atoms with van der Waals surface area (Å²) in [7, 11) is 0. The highest BCUT2D eigenvalue weighted by molar-refractivity contribution is 9.10. The third-order valence-electron chi connectivity index (χ3n) is 1.91. The Morgan fingerprint density at radius 3 is 3.25 bits per heavy atom. The van der Waals surface area contributed by atoms with Gasteiger partial charge in [0, 0.05) is 17.7 Å². The van der Waals surface area contributed by atoms with Gasteiger partial charge in [0.1, 0.15) is 4.60 Å². The van der Waals surface area contributed by atoms with Gasteiger partial charge in [-0.05, 0) is 22.0 Å². The van der Waals surface area contributed by atoms with Crippen LogP contribution in [-0.4, -0.2) is 11.6 Å². The van der Waals surface area contributed by atoms with Crippen LogP contribution in [0, 0.1) is 0 Å². The maximum atomic E-state index is 5.68. The van der Waals surface area contributed by atoms with Crippen molar-refractivity contribution in [2.45, 2.75) is 13.0 Å². The maximum absolute atomic E-state index is 5.68. The molecule has 0 spiro atoms. The summed E-state index contributed by atoms with van der Waals surface area (Å²) in [4.78, 5) is 4.32. The summed E-state index contributed by atoms with van der Waals surface area (Å²) in [6, 6.07) is 1.92. The minimum Gasteiger partial charge on any atom is -0.397 e. The lowest BCUT2D eigenvalue weighted by molar-refractivity contribution is 0.109. The predicted molar refractivity (Wildman–Crippen MR) is 49.7 cm³/mol. The van der Waals surface area contributed by atoms with Crippen molar-refractivity contribution in [2.75, 3.05) is 12.3 Å². The fraction of sp³-hybridized carbons (Fsp3) is 0.375. The van der Waals surface area contributed by atoms with E-state index in [1.165, 1.54) is 0 Å². The Bertz CT molecular complexity index is 283. The van der Waals surface area contributed by atoms with Gasteiger partial charge in [-0.1, -0.05) is 0 Å². The molecule has 12 heavy (non-hydrogen) atoms. The van der Waals surface area contributed by atoms with Gasteiger partial charge in [-0.2, -0.15) is 0 Å². The average Bonchev–Trinajstić information content (AvgIpc) is 2.07. The topological polar surface area (TPSA) is 48.1 Å². The largest absolute Gasteiger partial charge is 0.397 e. The zero-order valence-electron chi connectivity index (χ0n) is 6.51. The lowest BCUT2D eigenvalue weighted by Gasteiger charge is -2.16. The molecule has 1 aromatic heterocycles. The first-order chi connectivity index (χ1) is 5.77. The van der Waals surface area contributed by atoms with Crippen molar-refractivity contribution < 1.29 is 4.74 Å². The third kappa shape index (κ3) is 1.32. The van der Waals surface area contributed by atoms with Gasteiger partial charge in [0.05, 0.1) is 18.9 Å². The molecule has 4 heteroatoms. The van der Waals surface area contributed by atoms with E-state index in [2.05, 4.69) is 20.9 Å². The highest BCUT2D eigenvalue weighted by Gasteiger charge is 2.12. The predicted octanol–water partition coefficient (Wildman–Crippen LogP) is 1.50. The summed E-state index contributed by atoms with van der Waals surface area (Å²) in [6.45, 7) is 1.40. The Morgan fingerprint density at radius 2 is 2.42 bits per heavy atom. The number of nitrogens with two attached hydrogens (primary N) is 1. The molecular formula is C8H9BrN2O. The van der Waals surface area contributed by atoms with E-state index in [1.807, 2.05) is 6.07 Å². The molecule has 2 rings (SSSR count). The third-order valence-corrected chi connectivity index (χ3v) is 2.55. The van der Waals surface area contributed by atoms with Crippen LogP contribution in [0.2, 0.25) is 0 Å². The number of rotatable bonds is 0. The lowest BCUT2D eigenvalue weighted by Crippen LogP contribution is -2.12. The van der Waals surface area contributed by atoms with Crippen molar-refractivity contribution in [1.29, 1.82) is 0 Å². The second-order valence-electron chi connectivity index (χ2n) is 2.78. The van der Waals surface area contributed by atoms with Gasteiger partial charge in [-0.15, -0.1) is 0 Å². The molecule has 0 fully saturated rings. The van der Waals surface area contributed by atoms with Gasteiger partial charge in [0.2, 0.25) is 0 Å². The summed E-state index contributed by atoms with van der Waals surface area (Å²) in [5, 5.41) is 0. The van der Waals surface area contributed by atoms with Crippen LogP contribution in [-0.2, 0) is 17.8 Å². The minimum atomic E-state index is 0.639. The SMILES string of the molecule is Nc1cc2c(nc1Br)CCOC2. The van der Waals surface area contributed by atoms with E-state index in [4.69, 9.17) is 10.5 Å². The van der Waals surface area contributed by atoms with Crippen LogP contribution in [0.15, 0.2) is 10.7 Å². The number of hydrogen-bond donors (Lipinski definition) is 1. The Morgan fingerprint density at radius 1 is 1.58 bits per heavy atom. The molecule has 0 amide bonds. The molecule has 0 bridgehead atoms. The number of nitrogens with zero attached hydrogens (tertiary/aromatic N) is 1. The van der Waals surface area contributed by atoms with Crippen molar-refractivity contribution in [2.24, 2.45) is 0 Å². The van der Waals surface area contributed by atoms with E-state index < -0.39 is 0 Å². The molecule has 0 aromatic carbocycles. The molecule has 0 saturated heterocycles. The number of halogens is 1. The lowest BCUT2D eigenvalue weighted by atomic mass is 10.1. The molecule has 0 unspecified atom stereocenters. The number of nitrogen functional groups attached to an aromatic ring is 1. The Labute approximate surface area is 79.1 Å². The Balaban J connectivity index is 2.49. The van der Waals surface area contributed by atoms with Gasteiger partial charge >= 0.3 is 0 Å². The number of fused-ring (bicyclic) bond motifs is 1. The van der Waals surface area contributed by atoms with E-state index in [9.17, 15) is 0 Å². The number of pyridine rings is 1. The second-order valence-corrected chi connectivity index (χ2v) is 3.53. The van der Waals surface area contributed by atoms with Crippen molar-refractivity contribution in [3.63, 3.8) is 0 Å². The van der Waals surface area contributed by atoms with Gasteiger partial charge in [-0.3, -0.25) is 0 Å². The molecule has 1 aromatic rings. The highest BCUT2D eigenvalue weighted by Crippen LogP contribution is 2.23. The first kappa shape index (κ1) is 8.01. The summed E-state index contributed by atoms with van der Waals surface area (Å²) in [6.07, 6.45) is 0.883. The molecule has 0 atom stereocenters. The number of aromatic nitrogens is 1. The molecule has 2 heterocycles. The molecule has 3 nitrogen and oxygen atoms in total. The van der Waals surface area contributed by atoms with Gasteiger partial charge in [0.15, 0.2) is 0 Å². The summed E-state index contributed by atoms with van der Waals surface area (Å²) >= 11 is 3.30. The van der Waals surface area contributed by atoms with Crippen molar-refractivity contribution in [3.8, 4) is 0 Å². The van der Waals surface area contributed by atoms with Crippen molar-refractivity contribution in [3.05, 3.63) is 21.9 Å². The van der Waals surface area contributed by atoms with Crippen LogP contribution in [0.25, 0.3) is 0 Å². The number of hydrogen-bond acceptors (Lipinski definition) is 3. The molecular weight excluding hydrogens is 220 g/mol. The second kappa shape index (κ2) is 3.03. The molecule has 1 aliphatic heterocycles. The van der Waals surface area contributed by atoms with Crippen molar-refractivity contribution >= 4 is 21.6 Å². The van der Waals surface area contributed by atoms with E-state index in [0.717, 1.165) is 28.9 Å². The smallest absolute Gasteiger partial charge is 0.129 e. The Kier molecular flexibility index (Phi) is 2.02. The molecule has 0 radical (unpaired) electrons. The molecule has 64 valence electrons. The first-order valence-electron chi connectivity index (χ1n) is 3.79. The highest BCUT2D eigenvalue weighted by atomic mass is 79.9. The molecule has 0 saturated carbocycles. The van der Waals surface area contributed by atoms with E-state index in [1.54, 1.807) is 0 Å². The van der Waals surface area contributed by atoms with Gasteiger partial charge < -0.3 is 10.5 Å². The fourth-order valence-corrected chi connectivity index (χ4v) is 1.61. The fourth-order valence-electron chi connectivity index (χ4n) is 1.28. The number of anilines is 1. The Hall–Kier alpha value is -0.610. The van der Waals surface area contributed by atoms with Gasteiger partial charge in [-0.25, -0.2) is 4.98 Å². The molecule has 2 N–H and O–H groups in total. The van der Waals surface area contributed by atoms with Gasteiger partial charge in [0.25, 0.3) is 0 Å². The van der Waals surface area contributed by atoms with Crippen LogP contribution in [0.5, 0.6) is 0 Å². The number of ether oxygens (including phenoxy) is 1. The summed E-state index contributed by atoms with van der Waals surface area (Å²) in [5.74, 6) is 0. The van der Waals surface area contributed by atoms with Crippen LogP contribution in [0.4, 0.5) is 5.69 Å². The first-order valence-corrected chi connectivity index (χ1v) is 4.58. The molecule has 1 aliphatic rings. The van der Waals surface area contributed by atoms with Crippen LogP contribution in [0.1, 0.15) is 11.3 Å². The minimum absolute atomic E-state index is 0.639. The van der Waals surface area contributed by atoms with E-state index >= 15 is 0 Å². The average molecular weight is 229 g/mol. The molecule has 0 aliphatic carbocycles. The summed E-state index contributed by atoms with van der Waals surface area (Å²) in [5.41, 5.74) is 8.57. The zero-order valence-corrected chi connectivity index (χ0v) is 8.10. The maximum Gasteiger partial charge on any atom is 0.129 e. The van der Waals surface area contributed by atoms with Crippen LogP contribution < -0.4 is 5.73 Å². The zero-order chi connectivity index (χ0) is 8.55. The van der Waals surface area contributed by atoms with Crippen LogP contribution >= 0.6 is 15.9 Å².